The van der Waals surface area contributed by atoms with Crippen LogP contribution in [0.3, 0.4) is 0 Å². The van der Waals surface area contributed by atoms with E-state index in [1.54, 1.807) is 0 Å². The molecule has 0 saturated carbocycles. The van der Waals surface area contributed by atoms with Crippen LogP contribution in [0.5, 0.6) is 0 Å². The van der Waals surface area contributed by atoms with E-state index >= 15 is 0 Å². The average Bonchev–Trinajstić information content (AvgIpc) is 2.33. The number of aliphatic hydroxyl groups excluding tert-OH is 1. The minimum absolute atomic E-state index is 0.00115. The maximum Gasteiger partial charge on any atom is 0.326 e. The van der Waals surface area contributed by atoms with Gasteiger partial charge in [0.1, 0.15) is 6.04 Å². The molecular weight excluding hydrogens is 250 g/mol. The standard InChI is InChI=1S/C12H25N3O4/c1-9(2)15(3)7-4-6-13-12(19)14-10(5-8-16)11(17)18/h9-10,16H,4-8H2,1-3H3,(H,17,18)(H2,13,14,19)/t10-/m0/s1. The number of aliphatic hydroxyl groups is 1. The van der Waals surface area contributed by atoms with Crippen LogP contribution in [0, 0.1) is 0 Å². The first-order valence-electron chi connectivity index (χ1n) is 6.46. The van der Waals surface area contributed by atoms with E-state index in [2.05, 4.69) is 29.4 Å². The van der Waals surface area contributed by atoms with Gasteiger partial charge in [0.15, 0.2) is 0 Å². The predicted octanol–water partition coefficient (Wildman–Crippen LogP) is -0.148. The summed E-state index contributed by atoms with van der Waals surface area (Å²) in [5.74, 6) is -1.15. The summed E-state index contributed by atoms with van der Waals surface area (Å²) < 4.78 is 0. The highest BCUT2D eigenvalue weighted by molar-refractivity contribution is 5.82. The van der Waals surface area contributed by atoms with Crippen LogP contribution in [-0.4, -0.2) is 65.9 Å². The lowest BCUT2D eigenvalue weighted by Crippen LogP contribution is -2.46. The second kappa shape index (κ2) is 9.57. The van der Waals surface area contributed by atoms with E-state index in [0.29, 0.717) is 12.6 Å². The van der Waals surface area contributed by atoms with Crippen LogP contribution in [0.25, 0.3) is 0 Å². The quantitative estimate of drug-likeness (QED) is 0.438. The van der Waals surface area contributed by atoms with Gasteiger partial charge >= 0.3 is 12.0 Å². The summed E-state index contributed by atoms with van der Waals surface area (Å²) in [6, 6.07) is -1.12. The molecule has 4 N–H and O–H groups in total. The largest absolute Gasteiger partial charge is 0.480 e. The van der Waals surface area contributed by atoms with Gasteiger partial charge in [-0.2, -0.15) is 0 Å². The van der Waals surface area contributed by atoms with Gasteiger partial charge in [0.2, 0.25) is 0 Å². The molecule has 0 heterocycles. The zero-order chi connectivity index (χ0) is 14.8. The van der Waals surface area contributed by atoms with E-state index in [9.17, 15) is 9.59 Å². The van der Waals surface area contributed by atoms with E-state index in [0.717, 1.165) is 13.0 Å². The Kier molecular flexibility index (Phi) is 8.90. The molecule has 2 amide bonds. The van der Waals surface area contributed by atoms with Gasteiger partial charge in [-0.1, -0.05) is 0 Å². The van der Waals surface area contributed by atoms with Gasteiger partial charge in [0.05, 0.1) is 0 Å². The Balaban J connectivity index is 3.83. The molecule has 1 atom stereocenters. The highest BCUT2D eigenvalue weighted by Crippen LogP contribution is 1.94. The number of hydrogen-bond donors (Lipinski definition) is 4. The normalized spacial score (nSPS) is 12.5. The molecule has 0 unspecified atom stereocenters. The van der Waals surface area contributed by atoms with Crippen molar-refractivity contribution in [2.45, 2.75) is 38.8 Å². The molecular formula is C12H25N3O4. The number of amides is 2. The van der Waals surface area contributed by atoms with Crippen molar-refractivity contribution >= 4 is 12.0 Å². The summed E-state index contributed by atoms with van der Waals surface area (Å²) in [7, 11) is 2.01. The Morgan fingerprint density at radius 1 is 1.32 bits per heavy atom. The van der Waals surface area contributed by atoms with Crippen molar-refractivity contribution in [3.05, 3.63) is 0 Å². The third-order valence-electron chi connectivity index (χ3n) is 2.88. The lowest BCUT2D eigenvalue weighted by molar-refractivity contribution is -0.139. The number of carboxylic acids is 1. The number of rotatable bonds is 9. The van der Waals surface area contributed by atoms with E-state index in [1.807, 2.05) is 7.05 Å². The number of hydrogen-bond acceptors (Lipinski definition) is 4. The van der Waals surface area contributed by atoms with Crippen LogP contribution in [0.1, 0.15) is 26.7 Å². The van der Waals surface area contributed by atoms with Crippen molar-refractivity contribution in [1.82, 2.24) is 15.5 Å². The Morgan fingerprint density at radius 2 is 1.95 bits per heavy atom. The monoisotopic (exact) mass is 275 g/mol. The van der Waals surface area contributed by atoms with Gasteiger partial charge < -0.3 is 25.7 Å². The number of nitrogens with one attached hydrogen (secondary N) is 2. The minimum Gasteiger partial charge on any atom is -0.480 e. The Hall–Kier alpha value is -1.34. The fourth-order valence-corrected chi connectivity index (χ4v) is 1.38. The van der Waals surface area contributed by atoms with Crippen molar-refractivity contribution < 1.29 is 19.8 Å². The fourth-order valence-electron chi connectivity index (χ4n) is 1.38. The summed E-state index contributed by atoms with van der Waals surface area (Å²) in [6.45, 7) is 5.24. The Labute approximate surface area is 114 Å². The second-order valence-electron chi connectivity index (χ2n) is 4.73. The SMILES string of the molecule is CC(C)N(C)CCCNC(=O)N[C@@H](CCO)C(=O)O. The number of nitrogens with zero attached hydrogens (tertiary/aromatic N) is 1. The number of aliphatic carboxylic acids is 1. The molecule has 0 aliphatic rings. The minimum atomic E-state index is -1.15. The number of urea groups is 1. The summed E-state index contributed by atoms with van der Waals surface area (Å²) in [5.41, 5.74) is 0. The molecule has 0 aromatic rings. The van der Waals surface area contributed by atoms with Crippen LogP contribution in [0.2, 0.25) is 0 Å². The van der Waals surface area contributed by atoms with E-state index in [1.165, 1.54) is 0 Å². The van der Waals surface area contributed by atoms with Crippen LogP contribution < -0.4 is 10.6 Å². The second-order valence-corrected chi connectivity index (χ2v) is 4.73. The highest BCUT2D eigenvalue weighted by atomic mass is 16.4. The summed E-state index contributed by atoms with van der Waals surface area (Å²) in [6.07, 6.45) is 0.790. The first-order chi connectivity index (χ1) is 8.88. The van der Waals surface area contributed by atoms with E-state index in [4.69, 9.17) is 10.2 Å². The molecule has 0 radical (unpaired) electrons. The maximum absolute atomic E-state index is 11.4. The molecule has 112 valence electrons. The lowest BCUT2D eigenvalue weighted by atomic mass is 10.2. The number of carboxylic acid groups (broad SMARTS) is 1. The van der Waals surface area contributed by atoms with Gasteiger partial charge in [-0.25, -0.2) is 9.59 Å². The molecule has 0 aromatic heterocycles. The predicted molar refractivity (Wildman–Crippen MR) is 72.0 cm³/mol. The Bertz CT molecular complexity index is 284. The molecule has 0 aromatic carbocycles. The molecule has 7 heteroatoms. The Morgan fingerprint density at radius 3 is 2.42 bits per heavy atom. The number of carbonyl (C=O) groups is 2. The zero-order valence-electron chi connectivity index (χ0n) is 11.8. The van der Waals surface area contributed by atoms with Crippen molar-refractivity contribution in [2.24, 2.45) is 0 Å². The van der Waals surface area contributed by atoms with Crippen molar-refractivity contribution in [3.63, 3.8) is 0 Å². The first kappa shape index (κ1) is 17.7. The van der Waals surface area contributed by atoms with Gasteiger partial charge in [0.25, 0.3) is 0 Å². The molecule has 19 heavy (non-hydrogen) atoms. The highest BCUT2D eigenvalue weighted by Gasteiger charge is 2.18. The maximum atomic E-state index is 11.4. The van der Waals surface area contributed by atoms with Crippen LogP contribution >= 0.6 is 0 Å². The molecule has 0 aliphatic carbocycles. The van der Waals surface area contributed by atoms with Crippen molar-refractivity contribution in [2.75, 3.05) is 26.7 Å². The van der Waals surface area contributed by atoms with Gasteiger partial charge in [-0.15, -0.1) is 0 Å². The molecule has 0 fully saturated rings. The molecule has 7 nitrogen and oxygen atoms in total. The van der Waals surface area contributed by atoms with Crippen LogP contribution in [0.15, 0.2) is 0 Å². The summed E-state index contributed by atoms with van der Waals surface area (Å²) in [5, 5.41) is 22.4. The van der Waals surface area contributed by atoms with Crippen molar-refractivity contribution in [1.29, 1.82) is 0 Å². The third-order valence-corrected chi connectivity index (χ3v) is 2.88. The average molecular weight is 275 g/mol. The van der Waals surface area contributed by atoms with Gasteiger partial charge in [0, 0.05) is 25.6 Å². The topological polar surface area (TPSA) is 102 Å². The third kappa shape index (κ3) is 8.39. The first-order valence-corrected chi connectivity index (χ1v) is 6.46. The lowest BCUT2D eigenvalue weighted by Gasteiger charge is -2.21. The van der Waals surface area contributed by atoms with Gasteiger partial charge in [-0.05, 0) is 33.9 Å². The van der Waals surface area contributed by atoms with E-state index < -0.39 is 18.0 Å². The smallest absolute Gasteiger partial charge is 0.326 e. The summed E-state index contributed by atoms with van der Waals surface area (Å²) >= 11 is 0. The van der Waals surface area contributed by atoms with Gasteiger partial charge in [-0.3, -0.25) is 0 Å². The molecule has 0 saturated heterocycles. The number of carbonyl (C=O) groups excluding carboxylic acids is 1. The fraction of sp³-hybridized carbons (Fsp3) is 0.833. The van der Waals surface area contributed by atoms with Crippen molar-refractivity contribution in [3.8, 4) is 0 Å². The van der Waals surface area contributed by atoms with E-state index in [-0.39, 0.29) is 13.0 Å². The molecule has 0 spiro atoms. The van der Waals surface area contributed by atoms with Crippen LogP contribution in [0.4, 0.5) is 4.79 Å². The molecule has 0 bridgehead atoms. The summed E-state index contributed by atoms with van der Waals surface area (Å²) in [4.78, 5) is 24.3. The molecule has 0 rings (SSSR count). The zero-order valence-corrected chi connectivity index (χ0v) is 11.8. The van der Waals surface area contributed by atoms with Crippen LogP contribution in [-0.2, 0) is 4.79 Å². The molecule has 0 aliphatic heterocycles.